The van der Waals surface area contributed by atoms with E-state index < -0.39 is 5.78 Å². The average molecular weight is 336 g/mol. The summed E-state index contributed by atoms with van der Waals surface area (Å²) in [6, 6.07) is 12.5. The average Bonchev–Trinajstić information content (AvgIpc) is 2.59. The number of nitrogens with zero attached hydrogens (tertiary/aromatic N) is 1. The first kappa shape index (κ1) is 16.3. The molecule has 6 nitrogen and oxygen atoms in total. The van der Waals surface area contributed by atoms with Gasteiger partial charge in [-0.05, 0) is 55.5 Å². The molecular weight excluding hydrogens is 320 g/mol. The van der Waals surface area contributed by atoms with Crippen LogP contribution in [0.3, 0.4) is 0 Å². The molecule has 0 aliphatic heterocycles. The number of aliphatic hydroxyl groups excluding tert-OH is 1. The number of phenols is 2. The molecular formula is C19H16N2O4. The molecule has 2 aromatic carbocycles. The topological polar surface area (TPSA) is 102 Å². The number of phenolic OH excluding ortho intramolecular Hbond substituents is 2. The van der Waals surface area contributed by atoms with Gasteiger partial charge in [0.15, 0.2) is 0 Å². The van der Waals surface area contributed by atoms with E-state index in [2.05, 4.69) is 10.3 Å². The summed E-state index contributed by atoms with van der Waals surface area (Å²) < 4.78 is 0. The fraction of sp³-hybridized carbons (Fsp3) is 0.0526. The van der Waals surface area contributed by atoms with E-state index in [9.17, 15) is 20.1 Å². The zero-order valence-electron chi connectivity index (χ0n) is 13.4. The van der Waals surface area contributed by atoms with Crippen LogP contribution in [0.15, 0.2) is 76.6 Å². The summed E-state index contributed by atoms with van der Waals surface area (Å²) in [5, 5.41) is 31.8. The normalized spacial score (nSPS) is 16.1. The van der Waals surface area contributed by atoms with Crippen molar-refractivity contribution >= 4 is 22.9 Å². The van der Waals surface area contributed by atoms with Crippen molar-refractivity contribution in [1.29, 1.82) is 0 Å². The maximum absolute atomic E-state index is 12.2. The molecule has 0 radical (unpaired) electrons. The molecule has 0 heterocycles. The fourth-order valence-corrected chi connectivity index (χ4v) is 2.40. The highest BCUT2D eigenvalue weighted by Gasteiger charge is 2.24. The van der Waals surface area contributed by atoms with Crippen molar-refractivity contribution in [2.24, 2.45) is 4.99 Å². The Balaban J connectivity index is 1.98. The Hall–Kier alpha value is -3.54. The predicted molar refractivity (Wildman–Crippen MR) is 95.4 cm³/mol. The molecule has 0 aromatic heterocycles. The second-order valence-corrected chi connectivity index (χ2v) is 5.54. The van der Waals surface area contributed by atoms with E-state index in [1.54, 1.807) is 31.2 Å². The largest absolute Gasteiger partial charge is 0.508 e. The molecule has 0 bridgehead atoms. The number of ketones is 1. The van der Waals surface area contributed by atoms with E-state index in [-0.39, 0.29) is 23.0 Å². The first-order chi connectivity index (χ1) is 11.9. The van der Waals surface area contributed by atoms with Gasteiger partial charge in [-0.25, -0.2) is 4.99 Å². The quantitative estimate of drug-likeness (QED) is 0.507. The summed E-state index contributed by atoms with van der Waals surface area (Å²) in [6.07, 6.45) is 1.11. The third-order valence-corrected chi connectivity index (χ3v) is 3.71. The Morgan fingerprint density at radius 2 is 1.44 bits per heavy atom. The molecule has 6 heteroatoms. The smallest absolute Gasteiger partial charge is 0.208 e. The van der Waals surface area contributed by atoms with E-state index in [0.29, 0.717) is 22.6 Å². The third-order valence-electron chi connectivity index (χ3n) is 3.71. The Bertz CT molecular complexity index is 907. The maximum atomic E-state index is 12.2. The summed E-state index contributed by atoms with van der Waals surface area (Å²) in [4.78, 5) is 16.5. The summed E-state index contributed by atoms with van der Waals surface area (Å²) in [5.74, 6) is -0.345. The minimum absolute atomic E-state index is 0.110. The van der Waals surface area contributed by atoms with Gasteiger partial charge in [0.25, 0.3) is 0 Å². The lowest BCUT2D eigenvalue weighted by Gasteiger charge is -2.19. The van der Waals surface area contributed by atoms with E-state index in [0.717, 1.165) is 6.08 Å². The van der Waals surface area contributed by atoms with Crippen LogP contribution in [0.1, 0.15) is 6.92 Å². The molecule has 0 amide bonds. The second-order valence-electron chi connectivity index (χ2n) is 5.54. The van der Waals surface area contributed by atoms with Gasteiger partial charge >= 0.3 is 0 Å². The summed E-state index contributed by atoms with van der Waals surface area (Å²) in [5.41, 5.74) is 2.21. The van der Waals surface area contributed by atoms with Crippen LogP contribution >= 0.6 is 0 Å². The number of aliphatic imine (C=N–C) groups is 1. The first-order valence-electron chi connectivity index (χ1n) is 7.54. The monoisotopic (exact) mass is 336 g/mol. The lowest BCUT2D eigenvalue weighted by atomic mass is 9.98. The first-order valence-corrected chi connectivity index (χ1v) is 7.54. The van der Waals surface area contributed by atoms with Crippen LogP contribution in [-0.4, -0.2) is 26.8 Å². The Labute approximate surface area is 144 Å². The highest BCUT2D eigenvalue weighted by atomic mass is 16.3. The number of anilines is 1. The number of hydrogen-bond acceptors (Lipinski definition) is 6. The van der Waals surface area contributed by atoms with E-state index in [1.807, 2.05) is 0 Å². The van der Waals surface area contributed by atoms with Gasteiger partial charge in [0, 0.05) is 17.3 Å². The number of rotatable bonds is 3. The number of aromatic hydroxyl groups is 2. The van der Waals surface area contributed by atoms with Crippen LogP contribution in [0.5, 0.6) is 11.5 Å². The molecule has 0 saturated heterocycles. The highest BCUT2D eigenvalue weighted by Crippen LogP contribution is 2.26. The van der Waals surface area contributed by atoms with Crippen LogP contribution < -0.4 is 5.32 Å². The third kappa shape index (κ3) is 3.53. The molecule has 0 fully saturated rings. The van der Waals surface area contributed by atoms with Gasteiger partial charge in [0.1, 0.15) is 23.0 Å². The van der Waals surface area contributed by atoms with Gasteiger partial charge < -0.3 is 20.6 Å². The van der Waals surface area contributed by atoms with Crippen LogP contribution in [-0.2, 0) is 4.79 Å². The summed E-state index contributed by atoms with van der Waals surface area (Å²) >= 11 is 0. The molecule has 0 spiro atoms. The lowest BCUT2D eigenvalue weighted by molar-refractivity contribution is -0.109. The van der Waals surface area contributed by atoms with Gasteiger partial charge in [-0.3, -0.25) is 4.79 Å². The van der Waals surface area contributed by atoms with Gasteiger partial charge in [-0.15, -0.1) is 0 Å². The van der Waals surface area contributed by atoms with Crippen molar-refractivity contribution in [3.8, 4) is 11.5 Å². The molecule has 126 valence electrons. The highest BCUT2D eigenvalue weighted by molar-refractivity contribution is 6.51. The van der Waals surface area contributed by atoms with Gasteiger partial charge in [-0.1, -0.05) is 0 Å². The van der Waals surface area contributed by atoms with Crippen molar-refractivity contribution in [1.82, 2.24) is 0 Å². The SMILES string of the molecule is CC1=C(Nc2ccc(O)cc2)C(O)=CC(=O)C1=Nc1ccc(O)cc1. The fourth-order valence-electron chi connectivity index (χ4n) is 2.40. The van der Waals surface area contributed by atoms with Crippen molar-refractivity contribution < 1.29 is 20.1 Å². The van der Waals surface area contributed by atoms with E-state index in [1.165, 1.54) is 24.3 Å². The summed E-state index contributed by atoms with van der Waals surface area (Å²) in [7, 11) is 0. The molecule has 25 heavy (non-hydrogen) atoms. The molecule has 4 N–H and O–H groups in total. The van der Waals surface area contributed by atoms with Crippen molar-refractivity contribution in [2.75, 3.05) is 5.32 Å². The van der Waals surface area contributed by atoms with E-state index in [4.69, 9.17) is 0 Å². The van der Waals surface area contributed by atoms with Gasteiger partial charge in [0.05, 0.1) is 11.4 Å². The number of carbonyl (C=O) groups is 1. The zero-order valence-corrected chi connectivity index (χ0v) is 13.4. The van der Waals surface area contributed by atoms with Gasteiger partial charge in [-0.2, -0.15) is 0 Å². The number of hydrogen-bond donors (Lipinski definition) is 4. The Morgan fingerprint density at radius 1 is 0.880 bits per heavy atom. The van der Waals surface area contributed by atoms with Crippen LogP contribution in [0.25, 0.3) is 0 Å². The Kier molecular flexibility index (Phi) is 4.26. The van der Waals surface area contributed by atoms with Crippen LogP contribution in [0.4, 0.5) is 11.4 Å². The molecule has 1 aliphatic rings. The number of nitrogens with one attached hydrogen (secondary N) is 1. The molecule has 1 aliphatic carbocycles. The van der Waals surface area contributed by atoms with Crippen molar-refractivity contribution in [2.45, 2.75) is 6.92 Å². The van der Waals surface area contributed by atoms with Gasteiger partial charge in [0.2, 0.25) is 5.78 Å². The van der Waals surface area contributed by atoms with Crippen molar-refractivity contribution in [3.63, 3.8) is 0 Å². The predicted octanol–water partition coefficient (Wildman–Crippen LogP) is 3.58. The molecule has 3 rings (SSSR count). The zero-order chi connectivity index (χ0) is 18.0. The molecule has 0 unspecified atom stereocenters. The molecule has 2 aromatic rings. The molecule has 0 saturated carbocycles. The van der Waals surface area contributed by atoms with Crippen LogP contribution in [0.2, 0.25) is 0 Å². The standard InChI is InChI=1S/C19H16N2O4/c1-11-18(20-12-2-6-14(22)7-3-12)16(24)10-17(25)19(11)21-13-4-8-15(23)9-5-13/h2-10,20,22-24H,1H3. The number of allylic oxidation sites excluding steroid dienone is 2. The van der Waals surface area contributed by atoms with Crippen LogP contribution in [0, 0.1) is 0 Å². The lowest BCUT2D eigenvalue weighted by Crippen LogP contribution is -2.23. The second kappa shape index (κ2) is 6.52. The minimum atomic E-state index is -0.403. The Morgan fingerprint density at radius 3 is 2.04 bits per heavy atom. The summed E-state index contributed by atoms with van der Waals surface area (Å²) in [6.45, 7) is 1.68. The van der Waals surface area contributed by atoms with E-state index >= 15 is 0 Å². The number of aliphatic hydroxyl groups is 1. The van der Waals surface area contributed by atoms with Crippen molar-refractivity contribution in [3.05, 3.63) is 71.6 Å². The maximum Gasteiger partial charge on any atom is 0.208 e. The minimum Gasteiger partial charge on any atom is -0.508 e. The number of benzene rings is 2. The molecule has 0 atom stereocenters. The number of carbonyl (C=O) groups excluding carboxylic acids is 1.